The molecule has 0 radical (unpaired) electrons. The molecule has 1 aromatic carbocycles. The molecule has 2 aromatic rings. The van der Waals surface area contributed by atoms with E-state index in [1.807, 2.05) is 37.7 Å². The van der Waals surface area contributed by atoms with Gasteiger partial charge in [0.05, 0.1) is 23.2 Å². The van der Waals surface area contributed by atoms with Gasteiger partial charge in [-0.1, -0.05) is 11.6 Å². The van der Waals surface area contributed by atoms with Gasteiger partial charge in [0.1, 0.15) is 5.60 Å². The fraction of sp³-hybridized carbons (Fsp3) is 0.704. The van der Waals surface area contributed by atoms with Crippen LogP contribution in [0.1, 0.15) is 77.5 Å². The lowest BCUT2D eigenvalue weighted by Crippen LogP contribution is -2.44. The average molecular weight is 633 g/mol. The molecule has 2 aliphatic heterocycles. The van der Waals surface area contributed by atoms with Gasteiger partial charge in [-0.05, 0) is 106 Å². The number of benzene rings is 1. The third kappa shape index (κ3) is 7.64. The zero-order valence-electron chi connectivity index (χ0n) is 22.5. The third-order valence-electron chi connectivity index (χ3n) is 7.11. The molecule has 2 atom stereocenters. The summed E-state index contributed by atoms with van der Waals surface area (Å²) in [5.41, 5.74) is 1.34. The molecule has 0 bridgehead atoms. The van der Waals surface area contributed by atoms with Crippen LogP contribution in [0.15, 0.2) is 16.7 Å². The Kier molecular flexibility index (Phi) is 9.69. The van der Waals surface area contributed by atoms with Crippen LogP contribution in [0, 0.1) is 5.92 Å². The van der Waals surface area contributed by atoms with E-state index in [-0.39, 0.29) is 29.7 Å². The predicted octanol–water partition coefficient (Wildman–Crippen LogP) is 6.54. The number of halogens is 2. The summed E-state index contributed by atoms with van der Waals surface area (Å²) < 4.78 is 40.0. The quantitative estimate of drug-likeness (QED) is 0.307. The fourth-order valence-corrected chi connectivity index (χ4v) is 8.22. The summed E-state index contributed by atoms with van der Waals surface area (Å²) in [7, 11) is -3.23. The Morgan fingerprint density at radius 3 is 2.74 bits per heavy atom. The summed E-state index contributed by atoms with van der Waals surface area (Å²) >= 11 is 10.4. The summed E-state index contributed by atoms with van der Waals surface area (Å²) in [5, 5.41) is 6.20. The van der Waals surface area contributed by atoms with Crippen molar-refractivity contribution in [3.05, 3.63) is 27.3 Å². The highest BCUT2D eigenvalue weighted by molar-refractivity contribution is 9.10. The van der Waals surface area contributed by atoms with Gasteiger partial charge in [-0.3, -0.25) is 0 Å². The van der Waals surface area contributed by atoms with Crippen molar-refractivity contribution in [3.63, 3.8) is 0 Å². The molecule has 38 heavy (non-hydrogen) atoms. The van der Waals surface area contributed by atoms with Crippen LogP contribution in [0.2, 0.25) is 5.02 Å². The van der Waals surface area contributed by atoms with E-state index in [1.165, 1.54) is 0 Å². The summed E-state index contributed by atoms with van der Waals surface area (Å²) in [6.45, 7) is 7.28. The average Bonchev–Trinajstić information content (AvgIpc) is 3.26. The number of nitrogens with zero attached hydrogens (tertiary/aromatic N) is 3. The van der Waals surface area contributed by atoms with Crippen LogP contribution in [-0.4, -0.2) is 66.0 Å². The minimum Gasteiger partial charge on any atom is -0.444 e. The molecule has 11 heteroatoms. The second-order valence-corrected chi connectivity index (χ2v) is 14.9. The number of fused-ring (bicyclic) bond motifs is 1. The van der Waals surface area contributed by atoms with Gasteiger partial charge >= 0.3 is 6.09 Å². The maximum Gasteiger partial charge on any atom is 0.410 e. The highest BCUT2D eigenvalue weighted by Gasteiger charge is 2.30. The highest BCUT2D eigenvalue weighted by atomic mass is 79.9. The Labute approximate surface area is 239 Å². The molecule has 8 nitrogen and oxygen atoms in total. The second-order valence-electron chi connectivity index (χ2n) is 11.5. The van der Waals surface area contributed by atoms with Crippen molar-refractivity contribution in [2.75, 3.05) is 31.2 Å². The number of amides is 1. The molecule has 0 aliphatic carbocycles. The maximum atomic E-state index is 12.9. The standard InChI is InChI=1S/C27H39BrClN3O5S/c1-27(2,3)37-26(33)31-12-8-9-19(17-31)18-38(34,35)14-7-5-10-20-22(29)15-23-21(25(20)28)16-30-32(23)24-11-4-6-13-36-24/h15-16,19,24H,4-14,17-18H2,1-3H3/t19-,24?/m1/s1. The Balaban J connectivity index is 1.30. The van der Waals surface area contributed by atoms with Crippen LogP contribution in [0.4, 0.5) is 4.79 Å². The SMILES string of the molecule is CC(C)(C)OC(=O)N1CCC[C@@H](CS(=O)(=O)CCCCc2c(Cl)cc3c(cnn3C3CCCCO3)c2Br)C1. The van der Waals surface area contributed by atoms with E-state index in [0.29, 0.717) is 37.4 Å². The maximum absolute atomic E-state index is 12.9. The molecular formula is C27H39BrClN3O5S. The van der Waals surface area contributed by atoms with Crippen molar-refractivity contribution in [1.82, 2.24) is 14.7 Å². The van der Waals surface area contributed by atoms with Crippen molar-refractivity contribution in [2.45, 2.75) is 84.0 Å². The van der Waals surface area contributed by atoms with E-state index in [9.17, 15) is 13.2 Å². The molecule has 1 amide bonds. The molecule has 0 saturated carbocycles. The summed E-state index contributed by atoms with van der Waals surface area (Å²) in [6.07, 6.45) is 8.06. The smallest absolute Gasteiger partial charge is 0.410 e. The first-order valence-electron chi connectivity index (χ1n) is 13.6. The molecule has 1 unspecified atom stereocenters. The molecule has 2 aliphatic rings. The van der Waals surface area contributed by atoms with Crippen molar-refractivity contribution >= 4 is 54.4 Å². The molecule has 212 valence electrons. The van der Waals surface area contributed by atoms with Crippen LogP contribution in [-0.2, 0) is 25.7 Å². The molecule has 3 heterocycles. The number of carbonyl (C=O) groups is 1. The molecule has 1 aromatic heterocycles. The largest absolute Gasteiger partial charge is 0.444 e. The number of hydrogen-bond acceptors (Lipinski definition) is 6. The molecule has 2 saturated heterocycles. The highest BCUT2D eigenvalue weighted by Crippen LogP contribution is 2.36. The van der Waals surface area contributed by atoms with Gasteiger partial charge in [0.15, 0.2) is 16.1 Å². The Bertz CT molecular complexity index is 1240. The monoisotopic (exact) mass is 631 g/mol. The molecule has 0 spiro atoms. The Morgan fingerprint density at radius 2 is 2.03 bits per heavy atom. The van der Waals surface area contributed by atoms with Crippen LogP contribution in [0.5, 0.6) is 0 Å². The molecule has 0 N–H and O–H groups in total. The van der Waals surface area contributed by atoms with Crippen LogP contribution in [0.25, 0.3) is 10.9 Å². The number of hydrogen-bond donors (Lipinski definition) is 0. The van der Waals surface area contributed by atoms with Gasteiger partial charge in [-0.2, -0.15) is 5.10 Å². The number of carbonyl (C=O) groups excluding carboxylic acids is 1. The number of unbranched alkanes of at least 4 members (excludes halogenated alkanes) is 1. The number of piperidine rings is 1. The topological polar surface area (TPSA) is 90.7 Å². The number of aromatic nitrogens is 2. The van der Waals surface area contributed by atoms with E-state index in [1.54, 1.807) is 4.90 Å². The zero-order chi connectivity index (χ0) is 27.5. The van der Waals surface area contributed by atoms with E-state index in [0.717, 1.165) is 59.7 Å². The number of ether oxygens (including phenoxy) is 2. The van der Waals surface area contributed by atoms with Crippen LogP contribution in [0.3, 0.4) is 0 Å². The van der Waals surface area contributed by atoms with Crippen molar-refractivity contribution in [2.24, 2.45) is 5.92 Å². The van der Waals surface area contributed by atoms with Gasteiger partial charge in [0.25, 0.3) is 0 Å². The fourth-order valence-electron chi connectivity index (χ4n) is 5.29. The van der Waals surface area contributed by atoms with E-state index < -0.39 is 15.4 Å². The lowest BCUT2D eigenvalue weighted by Gasteiger charge is -2.34. The van der Waals surface area contributed by atoms with Gasteiger partial charge in [-0.25, -0.2) is 17.9 Å². The summed E-state index contributed by atoms with van der Waals surface area (Å²) in [5.74, 6) is 0.173. The van der Waals surface area contributed by atoms with Gasteiger partial charge in [0.2, 0.25) is 0 Å². The van der Waals surface area contributed by atoms with Crippen LogP contribution < -0.4 is 0 Å². The Morgan fingerprint density at radius 1 is 1.24 bits per heavy atom. The minimum atomic E-state index is -3.23. The minimum absolute atomic E-state index is 0.0584. The molecule has 2 fully saturated rings. The number of sulfone groups is 1. The lowest BCUT2D eigenvalue weighted by atomic mass is 10.0. The van der Waals surface area contributed by atoms with Crippen molar-refractivity contribution in [1.29, 1.82) is 0 Å². The van der Waals surface area contributed by atoms with Gasteiger partial charge < -0.3 is 14.4 Å². The zero-order valence-corrected chi connectivity index (χ0v) is 25.7. The predicted molar refractivity (Wildman–Crippen MR) is 153 cm³/mol. The number of likely N-dealkylation sites (tertiary alicyclic amines) is 1. The summed E-state index contributed by atoms with van der Waals surface area (Å²) in [4.78, 5) is 14.1. The van der Waals surface area contributed by atoms with E-state index in [2.05, 4.69) is 21.0 Å². The molecular weight excluding hydrogens is 594 g/mol. The van der Waals surface area contributed by atoms with Crippen LogP contribution >= 0.6 is 27.5 Å². The van der Waals surface area contributed by atoms with E-state index >= 15 is 0 Å². The Hall–Kier alpha value is -1.36. The first kappa shape index (κ1) is 29.6. The first-order chi connectivity index (χ1) is 17.9. The van der Waals surface area contributed by atoms with Gasteiger partial charge in [0, 0.05) is 34.6 Å². The van der Waals surface area contributed by atoms with Crippen molar-refractivity contribution < 1.29 is 22.7 Å². The number of rotatable bonds is 8. The van der Waals surface area contributed by atoms with Crippen molar-refractivity contribution in [3.8, 4) is 0 Å². The third-order valence-corrected chi connectivity index (χ3v) is 10.2. The summed E-state index contributed by atoms with van der Waals surface area (Å²) in [6, 6.07) is 1.94. The first-order valence-corrected chi connectivity index (χ1v) is 16.6. The normalized spacial score (nSPS) is 21.1. The van der Waals surface area contributed by atoms with Gasteiger partial charge in [-0.15, -0.1) is 0 Å². The second kappa shape index (κ2) is 12.4. The lowest BCUT2D eigenvalue weighted by molar-refractivity contribution is -0.0366. The molecule has 4 rings (SSSR count). The van der Waals surface area contributed by atoms with E-state index in [4.69, 9.17) is 21.1 Å².